The maximum Gasteiger partial charge on any atom is 0.264 e. The molecule has 4 nitrogen and oxygen atoms in total. The van der Waals surface area contributed by atoms with Crippen LogP contribution in [0.5, 0.6) is 0 Å². The van der Waals surface area contributed by atoms with Crippen LogP contribution < -0.4 is 0 Å². The van der Waals surface area contributed by atoms with E-state index in [1.165, 1.54) is 6.20 Å². The van der Waals surface area contributed by atoms with Gasteiger partial charge < -0.3 is 0 Å². The minimum atomic E-state index is -3.60. The van der Waals surface area contributed by atoms with E-state index in [0.717, 1.165) is 25.1 Å². The zero-order valence-electron chi connectivity index (χ0n) is 6.20. The molecule has 1 aliphatic heterocycles. The van der Waals surface area contributed by atoms with Crippen LogP contribution in [-0.4, -0.2) is 18.2 Å². The Kier molecular flexibility index (Phi) is 1.66. The highest BCUT2D eigenvalue weighted by Gasteiger charge is 2.23. The maximum absolute atomic E-state index is 11.0. The lowest BCUT2D eigenvalue weighted by atomic mass is 10.3. The Balaban J connectivity index is 2.61. The van der Waals surface area contributed by atoms with Crippen LogP contribution in [0.4, 0.5) is 0 Å². The van der Waals surface area contributed by atoms with Crippen molar-refractivity contribution in [1.29, 1.82) is 0 Å². The lowest BCUT2D eigenvalue weighted by molar-refractivity contribution is 0.608. The number of hydrogen-bond donors (Lipinski definition) is 0. The third-order valence-electron chi connectivity index (χ3n) is 1.96. The second-order valence-electron chi connectivity index (χ2n) is 2.72. The number of nitrogens with zero attached hydrogens (tertiary/aromatic N) is 2. The zero-order chi connectivity index (χ0) is 8.77. The van der Waals surface area contributed by atoms with Gasteiger partial charge in [0.1, 0.15) is 4.90 Å². The van der Waals surface area contributed by atoms with Crippen LogP contribution in [0, 0.1) is 0 Å². The van der Waals surface area contributed by atoms with Gasteiger partial charge in [0.05, 0.1) is 11.9 Å². The van der Waals surface area contributed by atoms with E-state index in [9.17, 15) is 8.42 Å². The number of hydrogen-bond acceptors (Lipinski definition) is 3. The van der Waals surface area contributed by atoms with E-state index in [0.29, 0.717) is 0 Å². The first-order valence-electron chi connectivity index (χ1n) is 3.58. The monoisotopic (exact) mass is 206 g/mol. The average Bonchev–Trinajstić information content (AvgIpc) is 2.37. The van der Waals surface area contributed by atoms with Crippen LogP contribution in [0.25, 0.3) is 0 Å². The fourth-order valence-corrected chi connectivity index (χ4v) is 2.49. The average molecular weight is 207 g/mol. The van der Waals surface area contributed by atoms with Crippen molar-refractivity contribution < 1.29 is 8.42 Å². The molecular formula is C6H7ClN2O2S. The summed E-state index contributed by atoms with van der Waals surface area (Å²) in [6.45, 7) is 0.793. The van der Waals surface area contributed by atoms with Crippen molar-refractivity contribution in [3.8, 4) is 0 Å². The molecule has 0 unspecified atom stereocenters. The van der Waals surface area contributed by atoms with Crippen molar-refractivity contribution in [2.24, 2.45) is 0 Å². The highest BCUT2D eigenvalue weighted by Crippen LogP contribution is 2.24. The Labute approximate surface area is 74.6 Å². The molecule has 0 aliphatic carbocycles. The molecule has 0 fully saturated rings. The Morgan fingerprint density at radius 3 is 3.00 bits per heavy atom. The molecule has 66 valence electrons. The van der Waals surface area contributed by atoms with E-state index in [1.54, 1.807) is 4.68 Å². The number of aryl methyl sites for hydroxylation is 1. The summed E-state index contributed by atoms with van der Waals surface area (Å²) in [5.74, 6) is 0. The van der Waals surface area contributed by atoms with Gasteiger partial charge in [-0.25, -0.2) is 8.42 Å². The number of halogens is 1. The summed E-state index contributed by atoms with van der Waals surface area (Å²) in [7, 11) is 1.61. The predicted molar refractivity (Wildman–Crippen MR) is 43.6 cm³/mol. The van der Waals surface area contributed by atoms with Crippen molar-refractivity contribution in [3.63, 3.8) is 0 Å². The Hall–Kier alpha value is -0.550. The highest BCUT2D eigenvalue weighted by atomic mass is 35.7. The van der Waals surface area contributed by atoms with E-state index in [2.05, 4.69) is 5.10 Å². The van der Waals surface area contributed by atoms with Crippen molar-refractivity contribution in [3.05, 3.63) is 11.9 Å². The maximum atomic E-state index is 11.0. The molecule has 0 radical (unpaired) electrons. The Morgan fingerprint density at radius 1 is 1.58 bits per heavy atom. The molecule has 0 N–H and O–H groups in total. The molecule has 0 saturated heterocycles. The summed E-state index contributed by atoms with van der Waals surface area (Å²) in [6, 6.07) is 0. The minimum Gasteiger partial charge on any atom is -0.268 e. The molecule has 6 heteroatoms. The SMILES string of the molecule is O=S(=O)(Cl)c1cnn2c1CCC2. The summed E-state index contributed by atoms with van der Waals surface area (Å²) in [5.41, 5.74) is 0.741. The summed E-state index contributed by atoms with van der Waals surface area (Å²) in [6.07, 6.45) is 3.01. The first-order chi connectivity index (χ1) is 5.59. The molecular weight excluding hydrogens is 200 g/mol. The fourth-order valence-electron chi connectivity index (χ4n) is 1.44. The first-order valence-corrected chi connectivity index (χ1v) is 5.89. The van der Waals surface area contributed by atoms with Gasteiger partial charge in [0.2, 0.25) is 0 Å². The van der Waals surface area contributed by atoms with Gasteiger partial charge in [-0.3, -0.25) is 4.68 Å². The quantitative estimate of drug-likeness (QED) is 0.638. The minimum absolute atomic E-state index is 0.168. The second kappa shape index (κ2) is 2.47. The molecule has 2 rings (SSSR count). The lowest BCUT2D eigenvalue weighted by Gasteiger charge is -1.93. The molecule has 1 aromatic rings. The molecule has 0 spiro atoms. The van der Waals surface area contributed by atoms with Gasteiger partial charge in [0, 0.05) is 17.2 Å². The molecule has 12 heavy (non-hydrogen) atoms. The van der Waals surface area contributed by atoms with Gasteiger partial charge in [0.25, 0.3) is 9.05 Å². The van der Waals surface area contributed by atoms with Gasteiger partial charge in [0.15, 0.2) is 0 Å². The largest absolute Gasteiger partial charge is 0.268 e. The lowest BCUT2D eigenvalue weighted by Crippen LogP contribution is -1.96. The Morgan fingerprint density at radius 2 is 2.33 bits per heavy atom. The van der Waals surface area contributed by atoms with Gasteiger partial charge >= 0.3 is 0 Å². The zero-order valence-corrected chi connectivity index (χ0v) is 7.77. The standard InChI is InChI=1S/C6H7ClN2O2S/c7-12(10,11)6-4-8-9-3-1-2-5(6)9/h4H,1-3H2. The normalized spacial score (nSPS) is 16.4. The summed E-state index contributed by atoms with van der Waals surface area (Å²) in [4.78, 5) is 0.168. The van der Waals surface area contributed by atoms with E-state index in [1.807, 2.05) is 0 Å². The fraction of sp³-hybridized carbons (Fsp3) is 0.500. The molecule has 0 aromatic carbocycles. The van der Waals surface area contributed by atoms with Gasteiger partial charge in [-0.1, -0.05) is 0 Å². The van der Waals surface area contributed by atoms with E-state index in [-0.39, 0.29) is 4.90 Å². The van der Waals surface area contributed by atoms with E-state index in [4.69, 9.17) is 10.7 Å². The third-order valence-corrected chi connectivity index (χ3v) is 3.32. The number of rotatable bonds is 1. The van der Waals surface area contributed by atoms with Crippen molar-refractivity contribution in [2.75, 3.05) is 0 Å². The number of aromatic nitrogens is 2. The summed E-state index contributed by atoms with van der Waals surface area (Å²) >= 11 is 0. The van der Waals surface area contributed by atoms with Gasteiger partial charge in [-0.05, 0) is 12.8 Å². The number of fused-ring (bicyclic) bond motifs is 1. The van der Waals surface area contributed by atoms with Crippen LogP contribution in [0.2, 0.25) is 0 Å². The van der Waals surface area contributed by atoms with Crippen LogP contribution in [0.1, 0.15) is 12.1 Å². The summed E-state index contributed by atoms with van der Waals surface area (Å²) < 4.78 is 23.6. The van der Waals surface area contributed by atoms with Crippen LogP contribution in [0.15, 0.2) is 11.1 Å². The molecule has 2 heterocycles. The molecule has 0 bridgehead atoms. The van der Waals surface area contributed by atoms with Crippen molar-refractivity contribution in [2.45, 2.75) is 24.3 Å². The molecule has 0 saturated carbocycles. The predicted octanol–water partition coefficient (Wildman–Crippen LogP) is 0.757. The first kappa shape index (κ1) is 8.07. The Bertz CT molecular complexity index is 409. The molecule has 1 aliphatic rings. The second-order valence-corrected chi connectivity index (χ2v) is 5.25. The molecule has 0 atom stereocenters. The highest BCUT2D eigenvalue weighted by molar-refractivity contribution is 8.13. The third kappa shape index (κ3) is 1.13. The van der Waals surface area contributed by atoms with Crippen LogP contribution in [-0.2, 0) is 22.0 Å². The topological polar surface area (TPSA) is 52.0 Å². The van der Waals surface area contributed by atoms with Crippen molar-refractivity contribution >= 4 is 19.7 Å². The van der Waals surface area contributed by atoms with Crippen molar-refractivity contribution in [1.82, 2.24) is 9.78 Å². The van der Waals surface area contributed by atoms with Gasteiger partial charge in [-0.2, -0.15) is 5.10 Å². The summed E-state index contributed by atoms with van der Waals surface area (Å²) in [5, 5.41) is 3.92. The van der Waals surface area contributed by atoms with E-state index < -0.39 is 9.05 Å². The van der Waals surface area contributed by atoms with Crippen LogP contribution >= 0.6 is 10.7 Å². The molecule has 1 aromatic heterocycles. The van der Waals surface area contributed by atoms with Gasteiger partial charge in [-0.15, -0.1) is 0 Å². The van der Waals surface area contributed by atoms with E-state index >= 15 is 0 Å². The smallest absolute Gasteiger partial charge is 0.264 e. The van der Waals surface area contributed by atoms with Crippen LogP contribution in [0.3, 0.4) is 0 Å². The molecule has 0 amide bonds.